The van der Waals surface area contributed by atoms with E-state index < -0.39 is 15.8 Å². The molecule has 1 aromatic carbocycles. The van der Waals surface area contributed by atoms with E-state index in [0.29, 0.717) is 12.5 Å². The zero-order chi connectivity index (χ0) is 25.5. The molecule has 0 atom stereocenters. The highest BCUT2D eigenvalue weighted by atomic mass is 32.2. The largest absolute Gasteiger partial charge is 0.370 e. The van der Waals surface area contributed by atoms with Crippen molar-refractivity contribution in [1.29, 1.82) is 0 Å². The van der Waals surface area contributed by atoms with Crippen LogP contribution in [0.2, 0.25) is 0 Å². The first-order chi connectivity index (χ1) is 17.2. The molecule has 2 aromatic heterocycles. The normalized spacial score (nSPS) is 20.7. The third kappa shape index (κ3) is 5.11. The number of benzene rings is 1. The number of aromatic nitrogens is 5. The van der Waals surface area contributed by atoms with Gasteiger partial charge in [-0.05, 0) is 68.7 Å². The predicted molar refractivity (Wildman–Crippen MR) is 131 cm³/mol. The van der Waals surface area contributed by atoms with Crippen LogP contribution in [-0.4, -0.2) is 39.3 Å². The highest BCUT2D eigenvalue weighted by Gasteiger charge is 2.43. The van der Waals surface area contributed by atoms with Gasteiger partial charge in [-0.3, -0.25) is 0 Å². The van der Waals surface area contributed by atoms with E-state index in [4.69, 9.17) is 9.88 Å². The van der Waals surface area contributed by atoms with Gasteiger partial charge in [0.1, 0.15) is 18.2 Å². The number of nitrogens with zero attached hydrogens (tertiary/aromatic N) is 5. The van der Waals surface area contributed by atoms with Crippen LogP contribution in [0.3, 0.4) is 0 Å². The van der Waals surface area contributed by atoms with Crippen molar-refractivity contribution < 1.29 is 17.5 Å². The fourth-order valence-corrected chi connectivity index (χ4v) is 5.06. The van der Waals surface area contributed by atoms with E-state index in [1.54, 1.807) is 12.4 Å². The number of nitrogens with two attached hydrogens (primary N) is 1. The highest BCUT2D eigenvalue weighted by Crippen LogP contribution is 2.45. The van der Waals surface area contributed by atoms with Crippen molar-refractivity contribution in [2.45, 2.75) is 81.4 Å². The number of primary sulfonamides is 1. The summed E-state index contributed by atoms with van der Waals surface area (Å²) in [6, 6.07) is 3.37. The van der Waals surface area contributed by atoms with E-state index >= 15 is 0 Å². The van der Waals surface area contributed by atoms with Gasteiger partial charge in [0.15, 0.2) is 5.82 Å². The second-order valence-corrected chi connectivity index (χ2v) is 11.4. The van der Waals surface area contributed by atoms with E-state index in [9.17, 15) is 12.8 Å². The van der Waals surface area contributed by atoms with E-state index in [0.717, 1.165) is 61.8 Å². The first-order valence-electron chi connectivity index (χ1n) is 12.1. The van der Waals surface area contributed by atoms with Gasteiger partial charge in [-0.1, -0.05) is 6.92 Å². The summed E-state index contributed by atoms with van der Waals surface area (Å²) in [7, 11) is -3.98. The Labute approximate surface area is 209 Å². The fraction of sp³-hybridized carbons (Fsp3) is 0.500. The monoisotopic (exact) mass is 515 g/mol. The summed E-state index contributed by atoms with van der Waals surface area (Å²) in [5.41, 5.74) is 1.18. The van der Waals surface area contributed by atoms with Crippen LogP contribution in [0.4, 0.5) is 16.0 Å². The lowest BCUT2D eigenvalue weighted by molar-refractivity contribution is -0.0252. The SMILES string of the molecule is CCCc1nnc(COC2CC(c3cnc(Nc4ccc(S(N)(=O)=O)cc4F)nc3)C2)n1C1(C)CC1. The molecule has 2 aliphatic carbocycles. The summed E-state index contributed by atoms with van der Waals surface area (Å²) >= 11 is 0. The van der Waals surface area contributed by atoms with Crippen molar-refractivity contribution in [3.05, 3.63) is 53.6 Å². The summed E-state index contributed by atoms with van der Waals surface area (Å²) in [6.45, 7) is 4.86. The predicted octanol–water partition coefficient (Wildman–Crippen LogP) is 3.52. The molecule has 36 heavy (non-hydrogen) atoms. The minimum atomic E-state index is -3.98. The van der Waals surface area contributed by atoms with E-state index in [2.05, 4.69) is 43.9 Å². The van der Waals surface area contributed by atoms with Crippen LogP contribution in [-0.2, 0) is 33.3 Å². The summed E-state index contributed by atoms with van der Waals surface area (Å²) in [5, 5.41) is 16.6. The van der Waals surface area contributed by atoms with Crippen molar-refractivity contribution in [3.63, 3.8) is 0 Å². The Morgan fingerprint density at radius 3 is 2.50 bits per heavy atom. The number of hydrogen-bond acceptors (Lipinski definition) is 8. The van der Waals surface area contributed by atoms with Gasteiger partial charge in [-0.2, -0.15) is 0 Å². The van der Waals surface area contributed by atoms with Crippen molar-refractivity contribution in [2.75, 3.05) is 5.32 Å². The lowest BCUT2D eigenvalue weighted by Gasteiger charge is -2.35. The second kappa shape index (κ2) is 9.49. The van der Waals surface area contributed by atoms with Crippen LogP contribution in [0.15, 0.2) is 35.5 Å². The van der Waals surface area contributed by atoms with Gasteiger partial charge < -0.3 is 14.6 Å². The number of hydrogen-bond donors (Lipinski definition) is 2. The van der Waals surface area contributed by atoms with Gasteiger partial charge in [0, 0.05) is 24.4 Å². The average Bonchev–Trinajstić information content (AvgIpc) is 3.41. The van der Waals surface area contributed by atoms with Gasteiger partial charge in [-0.15, -0.1) is 10.2 Å². The highest BCUT2D eigenvalue weighted by molar-refractivity contribution is 7.89. The van der Waals surface area contributed by atoms with Gasteiger partial charge in [-0.25, -0.2) is 27.9 Å². The Kier molecular flexibility index (Phi) is 6.52. The smallest absolute Gasteiger partial charge is 0.238 e. The second-order valence-electron chi connectivity index (χ2n) is 9.87. The molecule has 2 saturated carbocycles. The molecule has 0 unspecified atom stereocenters. The standard InChI is InChI=1S/C24H30FN7O3S/c1-3-4-21-30-31-22(32(21)24(2)7-8-24)14-35-17-9-15(10-17)16-12-27-23(28-13-16)29-20-6-5-18(11-19(20)25)36(26,33)34/h5-6,11-13,15,17H,3-4,7-10,14H2,1-2H3,(H2,26,33,34)(H,27,28,29). The number of sulfonamides is 1. The molecule has 3 N–H and O–H groups in total. The van der Waals surface area contributed by atoms with Crippen LogP contribution in [0.25, 0.3) is 0 Å². The average molecular weight is 516 g/mol. The summed E-state index contributed by atoms with van der Waals surface area (Å²) in [4.78, 5) is 8.26. The topological polar surface area (TPSA) is 138 Å². The Hall–Kier alpha value is -2.96. The lowest BCUT2D eigenvalue weighted by Crippen LogP contribution is -2.30. The molecule has 12 heteroatoms. The van der Waals surface area contributed by atoms with Crippen LogP contribution >= 0.6 is 0 Å². The minimum Gasteiger partial charge on any atom is -0.370 e. The molecule has 2 aliphatic rings. The first-order valence-corrected chi connectivity index (χ1v) is 13.7. The zero-order valence-corrected chi connectivity index (χ0v) is 21.1. The molecule has 0 bridgehead atoms. The Bertz CT molecular complexity index is 1350. The lowest BCUT2D eigenvalue weighted by atomic mass is 9.78. The number of halogens is 1. The van der Waals surface area contributed by atoms with Crippen LogP contribution < -0.4 is 10.5 Å². The van der Waals surface area contributed by atoms with Crippen LogP contribution in [0.1, 0.15) is 69.1 Å². The summed E-state index contributed by atoms with van der Waals surface area (Å²) in [6.07, 6.45) is 9.58. The van der Waals surface area contributed by atoms with Gasteiger partial charge in [0.25, 0.3) is 0 Å². The number of nitrogens with one attached hydrogen (secondary N) is 1. The van der Waals surface area contributed by atoms with E-state index in [-0.39, 0.29) is 28.2 Å². The number of rotatable bonds is 10. The van der Waals surface area contributed by atoms with Crippen LogP contribution in [0, 0.1) is 5.82 Å². The van der Waals surface area contributed by atoms with Crippen molar-refractivity contribution in [3.8, 4) is 0 Å². The first kappa shape index (κ1) is 24.7. The minimum absolute atomic E-state index is 0.0576. The van der Waals surface area contributed by atoms with Gasteiger partial charge in [0.2, 0.25) is 16.0 Å². The van der Waals surface area contributed by atoms with E-state index in [1.165, 1.54) is 12.1 Å². The molecule has 0 aliphatic heterocycles. The summed E-state index contributed by atoms with van der Waals surface area (Å²) < 4.78 is 45.4. The van der Waals surface area contributed by atoms with E-state index in [1.807, 2.05) is 0 Å². The summed E-state index contributed by atoms with van der Waals surface area (Å²) in [5.74, 6) is 1.70. The molecule has 0 radical (unpaired) electrons. The quantitative estimate of drug-likeness (QED) is 0.418. The van der Waals surface area contributed by atoms with Crippen molar-refractivity contribution in [2.24, 2.45) is 5.14 Å². The third-order valence-corrected chi connectivity index (χ3v) is 7.90. The van der Waals surface area contributed by atoms with Crippen LogP contribution in [0.5, 0.6) is 0 Å². The zero-order valence-electron chi connectivity index (χ0n) is 20.3. The molecule has 2 fully saturated rings. The molecular formula is C24H30FN7O3S. The van der Waals surface area contributed by atoms with Gasteiger partial charge >= 0.3 is 0 Å². The fourth-order valence-electron chi connectivity index (χ4n) is 4.53. The van der Waals surface area contributed by atoms with Gasteiger partial charge in [0.05, 0.1) is 16.7 Å². The Balaban J connectivity index is 1.14. The molecule has 0 saturated heterocycles. The molecule has 5 rings (SSSR count). The maximum absolute atomic E-state index is 14.2. The maximum Gasteiger partial charge on any atom is 0.238 e. The number of aryl methyl sites for hydroxylation is 1. The molecule has 0 amide bonds. The number of anilines is 2. The Morgan fingerprint density at radius 1 is 1.19 bits per heavy atom. The molecule has 192 valence electrons. The third-order valence-electron chi connectivity index (χ3n) is 6.99. The molecule has 0 spiro atoms. The molecule has 2 heterocycles. The maximum atomic E-state index is 14.2. The van der Waals surface area contributed by atoms with Crippen molar-refractivity contribution >= 4 is 21.7 Å². The Morgan fingerprint density at radius 2 is 1.89 bits per heavy atom. The number of ether oxygens (including phenoxy) is 1. The molecular weight excluding hydrogens is 485 g/mol. The molecule has 10 nitrogen and oxygen atoms in total. The molecule has 3 aromatic rings. The van der Waals surface area contributed by atoms with Crippen molar-refractivity contribution in [1.82, 2.24) is 24.7 Å².